The smallest absolute Gasteiger partial charge is 0.140 e. The van der Waals surface area contributed by atoms with Crippen molar-refractivity contribution in [2.75, 3.05) is 13.1 Å². The van der Waals surface area contributed by atoms with E-state index in [1.807, 2.05) is 25.1 Å². The van der Waals surface area contributed by atoms with Gasteiger partial charge in [0.25, 0.3) is 0 Å². The molecule has 0 aromatic carbocycles. The number of pyridine rings is 1. The average molecular weight is 192 g/mol. The highest BCUT2D eigenvalue weighted by Crippen LogP contribution is 1.97. The van der Waals surface area contributed by atoms with Gasteiger partial charge in [0.15, 0.2) is 0 Å². The van der Waals surface area contributed by atoms with Crippen molar-refractivity contribution in [3.8, 4) is 0 Å². The summed E-state index contributed by atoms with van der Waals surface area (Å²) in [6.07, 6.45) is 2.75. The Kier molecular flexibility index (Phi) is 4.86. The average Bonchev–Trinajstić information content (AvgIpc) is 2.20. The summed E-state index contributed by atoms with van der Waals surface area (Å²) < 4.78 is 0. The molecule has 3 nitrogen and oxygen atoms in total. The molecule has 0 aliphatic carbocycles. The second-order valence-electron chi connectivity index (χ2n) is 3.14. The highest BCUT2D eigenvalue weighted by Gasteiger charge is 2.03. The maximum Gasteiger partial charge on any atom is 0.140 e. The third-order valence-corrected chi connectivity index (χ3v) is 1.94. The van der Waals surface area contributed by atoms with Crippen molar-refractivity contribution in [1.82, 2.24) is 10.3 Å². The number of carbonyl (C=O) groups excluding carboxylic acids is 1. The van der Waals surface area contributed by atoms with E-state index < -0.39 is 0 Å². The Morgan fingerprint density at radius 3 is 3.00 bits per heavy atom. The molecule has 0 aliphatic rings. The van der Waals surface area contributed by atoms with Crippen LogP contribution in [0.2, 0.25) is 0 Å². The molecule has 3 heteroatoms. The lowest BCUT2D eigenvalue weighted by Crippen LogP contribution is -2.18. The van der Waals surface area contributed by atoms with Gasteiger partial charge in [-0.05, 0) is 18.7 Å². The summed E-state index contributed by atoms with van der Waals surface area (Å²) >= 11 is 0. The zero-order valence-electron chi connectivity index (χ0n) is 8.49. The molecule has 1 heterocycles. The fourth-order valence-electron chi connectivity index (χ4n) is 1.20. The first-order valence-corrected chi connectivity index (χ1v) is 4.95. The van der Waals surface area contributed by atoms with Crippen molar-refractivity contribution in [3.63, 3.8) is 0 Å². The van der Waals surface area contributed by atoms with E-state index in [1.54, 1.807) is 6.20 Å². The lowest BCUT2D eigenvalue weighted by molar-refractivity contribution is -0.118. The third kappa shape index (κ3) is 4.14. The Morgan fingerprint density at radius 2 is 2.36 bits per heavy atom. The number of carbonyl (C=O) groups is 1. The van der Waals surface area contributed by atoms with Crippen molar-refractivity contribution in [2.45, 2.75) is 19.8 Å². The van der Waals surface area contributed by atoms with E-state index in [2.05, 4.69) is 10.3 Å². The molecule has 0 saturated heterocycles. The van der Waals surface area contributed by atoms with Gasteiger partial charge in [0, 0.05) is 31.3 Å². The topological polar surface area (TPSA) is 42.0 Å². The van der Waals surface area contributed by atoms with Crippen molar-refractivity contribution in [2.24, 2.45) is 0 Å². The number of nitrogens with zero attached hydrogens (tertiary/aromatic N) is 1. The molecule has 0 spiro atoms. The minimum absolute atomic E-state index is 0.240. The SMILES string of the molecule is CCNCCC(=O)Cc1ccccn1. The Balaban J connectivity index is 2.27. The molecule has 1 aromatic rings. The van der Waals surface area contributed by atoms with Crippen LogP contribution in [0.4, 0.5) is 0 Å². The monoisotopic (exact) mass is 192 g/mol. The lowest BCUT2D eigenvalue weighted by atomic mass is 10.1. The Bertz CT molecular complexity index is 272. The predicted molar refractivity (Wildman–Crippen MR) is 56.1 cm³/mol. The van der Waals surface area contributed by atoms with E-state index in [9.17, 15) is 4.79 Å². The quantitative estimate of drug-likeness (QED) is 0.688. The third-order valence-electron chi connectivity index (χ3n) is 1.94. The number of rotatable bonds is 6. The van der Waals surface area contributed by atoms with Crippen LogP contribution >= 0.6 is 0 Å². The first kappa shape index (κ1) is 10.9. The van der Waals surface area contributed by atoms with Gasteiger partial charge in [0.05, 0.1) is 0 Å². The molecular weight excluding hydrogens is 176 g/mol. The van der Waals surface area contributed by atoms with Gasteiger partial charge in [-0.25, -0.2) is 0 Å². The van der Waals surface area contributed by atoms with Gasteiger partial charge in [0.2, 0.25) is 0 Å². The van der Waals surface area contributed by atoms with Crippen LogP contribution in [0.5, 0.6) is 0 Å². The van der Waals surface area contributed by atoms with E-state index in [4.69, 9.17) is 0 Å². The van der Waals surface area contributed by atoms with Gasteiger partial charge in [-0.3, -0.25) is 9.78 Å². The first-order chi connectivity index (χ1) is 6.83. The zero-order chi connectivity index (χ0) is 10.2. The van der Waals surface area contributed by atoms with Gasteiger partial charge in [-0.15, -0.1) is 0 Å². The molecule has 1 aromatic heterocycles. The van der Waals surface area contributed by atoms with E-state index in [0.29, 0.717) is 12.8 Å². The number of hydrogen-bond acceptors (Lipinski definition) is 3. The van der Waals surface area contributed by atoms with E-state index >= 15 is 0 Å². The van der Waals surface area contributed by atoms with E-state index in [1.165, 1.54) is 0 Å². The fraction of sp³-hybridized carbons (Fsp3) is 0.455. The summed E-state index contributed by atoms with van der Waals surface area (Å²) in [5.41, 5.74) is 0.856. The van der Waals surface area contributed by atoms with Gasteiger partial charge in [-0.2, -0.15) is 0 Å². The molecule has 0 saturated carbocycles. The predicted octanol–water partition coefficient (Wildman–Crippen LogP) is 1.19. The summed E-state index contributed by atoms with van der Waals surface area (Å²) in [6.45, 7) is 3.71. The summed E-state index contributed by atoms with van der Waals surface area (Å²) in [5.74, 6) is 0.240. The molecule has 0 radical (unpaired) electrons. The molecule has 0 amide bonds. The van der Waals surface area contributed by atoms with Crippen LogP contribution in [0, 0.1) is 0 Å². The van der Waals surface area contributed by atoms with Crippen LogP contribution in [-0.4, -0.2) is 23.9 Å². The minimum Gasteiger partial charge on any atom is -0.317 e. The van der Waals surface area contributed by atoms with Crippen molar-refractivity contribution >= 4 is 5.78 Å². The summed E-state index contributed by atoms with van der Waals surface area (Å²) in [6, 6.07) is 5.64. The molecule has 1 rings (SSSR count). The molecule has 1 N–H and O–H groups in total. The molecule has 0 aliphatic heterocycles. The fourth-order valence-corrected chi connectivity index (χ4v) is 1.20. The maximum absolute atomic E-state index is 11.4. The van der Waals surface area contributed by atoms with Crippen molar-refractivity contribution < 1.29 is 4.79 Å². The highest BCUT2D eigenvalue weighted by molar-refractivity contribution is 5.80. The molecule has 14 heavy (non-hydrogen) atoms. The number of hydrogen-bond donors (Lipinski definition) is 1. The normalized spacial score (nSPS) is 10.1. The zero-order valence-corrected chi connectivity index (χ0v) is 8.49. The summed E-state index contributed by atoms with van der Waals surface area (Å²) in [5, 5.41) is 3.12. The van der Waals surface area contributed by atoms with Crippen LogP contribution in [-0.2, 0) is 11.2 Å². The maximum atomic E-state index is 11.4. The summed E-state index contributed by atoms with van der Waals surface area (Å²) in [7, 11) is 0. The van der Waals surface area contributed by atoms with Crippen molar-refractivity contribution in [3.05, 3.63) is 30.1 Å². The Morgan fingerprint density at radius 1 is 1.50 bits per heavy atom. The van der Waals surface area contributed by atoms with Gasteiger partial charge < -0.3 is 5.32 Å². The summed E-state index contributed by atoms with van der Waals surface area (Å²) in [4.78, 5) is 15.5. The molecule has 0 unspecified atom stereocenters. The lowest BCUT2D eigenvalue weighted by Gasteiger charge is -2.01. The first-order valence-electron chi connectivity index (χ1n) is 4.95. The number of aromatic nitrogens is 1. The largest absolute Gasteiger partial charge is 0.317 e. The minimum atomic E-state index is 0.240. The van der Waals surface area contributed by atoms with Gasteiger partial charge >= 0.3 is 0 Å². The van der Waals surface area contributed by atoms with Gasteiger partial charge in [-0.1, -0.05) is 13.0 Å². The molecule has 0 atom stereocenters. The second-order valence-corrected chi connectivity index (χ2v) is 3.14. The standard InChI is InChI=1S/C11H16N2O/c1-2-12-8-6-11(14)9-10-5-3-4-7-13-10/h3-5,7,12H,2,6,8-9H2,1H3. The molecule has 0 fully saturated rings. The van der Waals surface area contributed by atoms with E-state index in [0.717, 1.165) is 18.8 Å². The van der Waals surface area contributed by atoms with E-state index in [-0.39, 0.29) is 5.78 Å². The van der Waals surface area contributed by atoms with Crippen LogP contribution in [0.15, 0.2) is 24.4 Å². The number of ketones is 1. The van der Waals surface area contributed by atoms with Gasteiger partial charge in [0.1, 0.15) is 5.78 Å². The molecular formula is C11H16N2O. The van der Waals surface area contributed by atoms with Crippen LogP contribution in [0.1, 0.15) is 19.0 Å². The second kappa shape index (κ2) is 6.27. The van der Waals surface area contributed by atoms with Crippen molar-refractivity contribution in [1.29, 1.82) is 0 Å². The Labute approximate surface area is 84.6 Å². The van der Waals surface area contributed by atoms with Crippen LogP contribution in [0.25, 0.3) is 0 Å². The Hall–Kier alpha value is -1.22. The number of Topliss-reactive ketones (excluding diaryl/α,β-unsaturated/α-hetero) is 1. The van der Waals surface area contributed by atoms with Crippen LogP contribution in [0.3, 0.4) is 0 Å². The molecule has 0 bridgehead atoms. The number of nitrogens with one attached hydrogen (secondary N) is 1. The van der Waals surface area contributed by atoms with Crippen LogP contribution < -0.4 is 5.32 Å². The molecule has 76 valence electrons. The highest BCUT2D eigenvalue weighted by atomic mass is 16.1.